The number of rotatable bonds is 4. The van der Waals surface area contributed by atoms with Crippen molar-refractivity contribution in [3.8, 4) is 0 Å². The Balaban J connectivity index is 2.29. The Hall–Kier alpha value is -1.01. The molecule has 1 aromatic heterocycles. The highest BCUT2D eigenvalue weighted by Crippen LogP contribution is 2.34. The van der Waals surface area contributed by atoms with Gasteiger partial charge in [-0.3, -0.25) is 9.97 Å². The summed E-state index contributed by atoms with van der Waals surface area (Å²) in [5.74, 6) is 0. The average Bonchev–Trinajstić information content (AvgIpc) is 2.88. The lowest BCUT2D eigenvalue weighted by atomic mass is 10.2. The smallest absolute Gasteiger partial charge is 0.217 e. The Morgan fingerprint density at radius 3 is 2.89 bits per heavy atom. The molecule has 1 aliphatic heterocycles. The maximum atomic E-state index is 12.4. The molecule has 0 saturated carbocycles. The standard InChI is InChI=1S/C12H19N3O2S/c1-3-10(2)18(16,17)15-8-4-5-12(15)11-9-13-6-7-14-11/h6-7,9-10,12H,3-5,8H2,1-2H3/t10-,12-/m1/s1. The third-order valence-corrected chi connectivity index (χ3v) is 5.98. The first kappa shape index (κ1) is 13.4. The Labute approximate surface area is 108 Å². The van der Waals surface area contributed by atoms with E-state index in [9.17, 15) is 8.42 Å². The second kappa shape index (κ2) is 5.32. The van der Waals surface area contributed by atoms with Gasteiger partial charge in [0.15, 0.2) is 0 Å². The summed E-state index contributed by atoms with van der Waals surface area (Å²) in [5, 5.41) is -0.338. The molecule has 0 aliphatic carbocycles. The predicted molar refractivity (Wildman–Crippen MR) is 69.4 cm³/mol. The first-order valence-corrected chi connectivity index (χ1v) is 7.84. The molecule has 2 rings (SSSR count). The van der Waals surface area contributed by atoms with Gasteiger partial charge in [-0.25, -0.2) is 8.42 Å². The molecular formula is C12H19N3O2S. The second-order valence-electron chi connectivity index (χ2n) is 4.66. The molecule has 0 N–H and O–H groups in total. The van der Waals surface area contributed by atoms with E-state index in [4.69, 9.17) is 0 Å². The minimum absolute atomic E-state index is 0.141. The zero-order valence-corrected chi connectivity index (χ0v) is 11.6. The van der Waals surface area contributed by atoms with E-state index >= 15 is 0 Å². The molecule has 1 aliphatic rings. The topological polar surface area (TPSA) is 63.2 Å². The van der Waals surface area contributed by atoms with E-state index in [0.717, 1.165) is 18.5 Å². The van der Waals surface area contributed by atoms with E-state index in [1.54, 1.807) is 29.8 Å². The third-order valence-electron chi connectivity index (χ3n) is 3.54. The lowest BCUT2D eigenvalue weighted by Crippen LogP contribution is -2.37. The fourth-order valence-corrected chi connectivity index (χ4v) is 4.10. The highest BCUT2D eigenvalue weighted by atomic mass is 32.2. The van der Waals surface area contributed by atoms with Gasteiger partial charge in [-0.1, -0.05) is 6.92 Å². The molecule has 0 unspecified atom stereocenters. The molecule has 6 heteroatoms. The first-order chi connectivity index (χ1) is 8.57. The van der Waals surface area contributed by atoms with Gasteiger partial charge in [-0.05, 0) is 26.2 Å². The molecule has 0 radical (unpaired) electrons. The van der Waals surface area contributed by atoms with Gasteiger partial charge in [-0.2, -0.15) is 4.31 Å². The summed E-state index contributed by atoms with van der Waals surface area (Å²) in [5.41, 5.74) is 0.752. The van der Waals surface area contributed by atoms with E-state index < -0.39 is 10.0 Å². The van der Waals surface area contributed by atoms with Gasteiger partial charge >= 0.3 is 0 Å². The highest BCUT2D eigenvalue weighted by Gasteiger charge is 2.38. The van der Waals surface area contributed by atoms with Gasteiger partial charge in [0.1, 0.15) is 0 Å². The maximum absolute atomic E-state index is 12.4. The fourth-order valence-electron chi connectivity index (χ4n) is 2.26. The van der Waals surface area contributed by atoms with Crippen molar-refractivity contribution in [2.45, 2.75) is 44.4 Å². The van der Waals surface area contributed by atoms with Crippen LogP contribution in [0.1, 0.15) is 44.8 Å². The average molecular weight is 269 g/mol. The molecule has 2 heterocycles. The van der Waals surface area contributed by atoms with Gasteiger partial charge in [0.2, 0.25) is 10.0 Å². The molecular weight excluding hydrogens is 250 g/mol. The lowest BCUT2D eigenvalue weighted by molar-refractivity contribution is 0.383. The van der Waals surface area contributed by atoms with Crippen LogP contribution >= 0.6 is 0 Å². The summed E-state index contributed by atoms with van der Waals surface area (Å²) in [6.07, 6.45) is 7.22. The summed E-state index contributed by atoms with van der Waals surface area (Å²) in [4.78, 5) is 8.27. The monoisotopic (exact) mass is 269 g/mol. The lowest BCUT2D eigenvalue weighted by Gasteiger charge is -2.26. The largest absolute Gasteiger partial charge is 0.261 e. The van der Waals surface area contributed by atoms with Crippen LogP contribution in [0.2, 0.25) is 0 Å². The number of hydrogen-bond acceptors (Lipinski definition) is 4. The van der Waals surface area contributed by atoms with E-state index in [1.807, 2.05) is 6.92 Å². The molecule has 0 bridgehead atoms. The number of sulfonamides is 1. The summed E-state index contributed by atoms with van der Waals surface area (Å²) in [6.45, 7) is 4.25. The molecule has 1 aromatic rings. The quantitative estimate of drug-likeness (QED) is 0.835. The summed E-state index contributed by atoms with van der Waals surface area (Å²) in [7, 11) is -3.22. The number of aromatic nitrogens is 2. The van der Waals surface area contributed by atoms with E-state index in [0.29, 0.717) is 13.0 Å². The van der Waals surface area contributed by atoms with Crippen LogP contribution in [0.4, 0.5) is 0 Å². The molecule has 0 spiro atoms. The van der Waals surface area contributed by atoms with E-state index in [-0.39, 0.29) is 11.3 Å². The summed E-state index contributed by atoms with van der Waals surface area (Å²) < 4.78 is 26.5. The minimum Gasteiger partial charge on any atom is -0.261 e. The Kier molecular flexibility index (Phi) is 3.97. The van der Waals surface area contributed by atoms with Crippen molar-refractivity contribution in [2.75, 3.05) is 6.54 Å². The Morgan fingerprint density at radius 2 is 2.28 bits per heavy atom. The molecule has 18 heavy (non-hydrogen) atoms. The van der Waals surface area contributed by atoms with E-state index in [2.05, 4.69) is 9.97 Å². The van der Waals surface area contributed by atoms with Crippen LogP contribution in [-0.4, -0.2) is 34.5 Å². The number of nitrogens with zero attached hydrogens (tertiary/aromatic N) is 3. The van der Waals surface area contributed by atoms with Crippen LogP contribution in [0.15, 0.2) is 18.6 Å². The highest BCUT2D eigenvalue weighted by molar-refractivity contribution is 7.89. The molecule has 0 amide bonds. The maximum Gasteiger partial charge on any atom is 0.217 e. The summed E-state index contributed by atoms with van der Waals surface area (Å²) >= 11 is 0. The van der Waals surface area contributed by atoms with Crippen molar-refractivity contribution in [1.82, 2.24) is 14.3 Å². The molecule has 0 aromatic carbocycles. The van der Waals surface area contributed by atoms with Crippen molar-refractivity contribution < 1.29 is 8.42 Å². The van der Waals surface area contributed by atoms with Gasteiger partial charge in [0.25, 0.3) is 0 Å². The molecule has 1 fully saturated rings. The SMILES string of the molecule is CC[C@@H](C)S(=O)(=O)N1CCC[C@@H]1c1cnccn1. The summed E-state index contributed by atoms with van der Waals surface area (Å²) in [6, 6.07) is -0.141. The second-order valence-corrected chi connectivity index (χ2v) is 6.97. The molecule has 100 valence electrons. The van der Waals surface area contributed by atoms with Gasteiger partial charge < -0.3 is 0 Å². The van der Waals surface area contributed by atoms with Crippen LogP contribution in [0.25, 0.3) is 0 Å². The Bertz CT molecular complexity index is 489. The van der Waals surface area contributed by atoms with Gasteiger partial charge in [0, 0.05) is 18.9 Å². The van der Waals surface area contributed by atoms with Crippen LogP contribution in [0.5, 0.6) is 0 Å². The normalized spacial score (nSPS) is 23.1. The predicted octanol–water partition coefficient (Wildman–Crippen LogP) is 1.74. The van der Waals surface area contributed by atoms with Crippen molar-refractivity contribution in [2.24, 2.45) is 0 Å². The van der Waals surface area contributed by atoms with Crippen LogP contribution in [0, 0.1) is 0 Å². The van der Waals surface area contributed by atoms with Gasteiger partial charge in [0.05, 0.1) is 23.2 Å². The third kappa shape index (κ3) is 2.40. The molecule has 1 saturated heterocycles. The first-order valence-electron chi connectivity index (χ1n) is 6.34. The van der Waals surface area contributed by atoms with Crippen molar-refractivity contribution in [3.05, 3.63) is 24.3 Å². The van der Waals surface area contributed by atoms with E-state index in [1.165, 1.54) is 0 Å². The van der Waals surface area contributed by atoms with Crippen molar-refractivity contribution >= 4 is 10.0 Å². The van der Waals surface area contributed by atoms with Crippen molar-refractivity contribution in [1.29, 1.82) is 0 Å². The zero-order chi connectivity index (χ0) is 13.2. The fraction of sp³-hybridized carbons (Fsp3) is 0.667. The van der Waals surface area contributed by atoms with Crippen LogP contribution in [0.3, 0.4) is 0 Å². The minimum atomic E-state index is -3.22. The molecule has 5 nitrogen and oxygen atoms in total. The van der Waals surface area contributed by atoms with Crippen LogP contribution < -0.4 is 0 Å². The Morgan fingerprint density at radius 1 is 1.50 bits per heavy atom. The zero-order valence-electron chi connectivity index (χ0n) is 10.8. The number of hydrogen-bond donors (Lipinski definition) is 0. The van der Waals surface area contributed by atoms with Gasteiger partial charge in [-0.15, -0.1) is 0 Å². The van der Waals surface area contributed by atoms with Crippen molar-refractivity contribution in [3.63, 3.8) is 0 Å². The van der Waals surface area contributed by atoms with Crippen LogP contribution in [-0.2, 0) is 10.0 Å². The molecule has 2 atom stereocenters.